The molecule has 1 saturated heterocycles. The summed E-state index contributed by atoms with van der Waals surface area (Å²) in [6.45, 7) is 2.22. The van der Waals surface area contributed by atoms with Crippen molar-refractivity contribution >= 4 is 18.1 Å². The monoisotopic (exact) mass is 284 g/mol. The molecule has 0 saturated carbocycles. The van der Waals surface area contributed by atoms with E-state index in [0.717, 1.165) is 19.3 Å². The molecule has 3 atom stereocenters. The van der Waals surface area contributed by atoms with E-state index >= 15 is 0 Å². The van der Waals surface area contributed by atoms with E-state index in [0.29, 0.717) is 12.8 Å². The number of carbonyl (C=O) groups excluding carboxylic acids is 3. The third-order valence-corrected chi connectivity index (χ3v) is 3.95. The van der Waals surface area contributed by atoms with Crippen LogP contribution in [0.4, 0.5) is 0 Å². The van der Waals surface area contributed by atoms with Crippen LogP contribution in [0, 0.1) is 0 Å². The van der Waals surface area contributed by atoms with Gasteiger partial charge in [-0.05, 0) is 26.3 Å². The molecule has 0 aromatic heterocycles. The first-order chi connectivity index (χ1) is 9.36. The average molecular weight is 284 g/mol. The second-order valence-electron chi connectivity index (χ2n) is 5.37. The number of primary amides is 1. The summed E-state index contributed by atoms with van der Waals surface area (Å²) in [7, 11) is 1.88. The minimum Gasteiger partial charge on any atom is -0.368 e. The van der Waals surface area contributed by atoms with Crippen LogP contribution in [0.15, 0.2) is 0 Å². The number of rotatable bonds is 7. The highest BCUT2D eigenvalue weighted by Gasteiger charge is 2.33. The number of likely N-dealkylation sites (tertiary alicyclic amines) is 1. The molecular weight excluding hydrogens is 260 g/mol. The Bertz CT molecular complexity index is 375. The average Bonchev–Trinajstić information content (AvgIpc) is 2.75. The van der Waals surface area contributed by atoms with Gasteiger partial charge in [-0.15, -0.1) is 0 Å². The Balaban J connectivity index is 2.50. The van der Waals surface area contributed by atoms with E-state index in [4.69, 9.17) is 11.5 Å². The van der Waals surface area contributed by atoms with Crippen LogP contribution in [0.5, 0.6) is 0 Å². The molecule has 0 aromatic carbocycles. The summed E-state index contributed by atoms with van der Waals surface area (Å²) in [6.07, 6.45) is 3.02. The second kappa shape index (κ2) is 7.35. The smallest absolute Gasteiger partial charge is 0.234 e. The highest BCUT2D eigenvalue weighted by Crippen LogP contribution is 2.24. The molecule has 0 spiro atoms. The van der Waals surface area contributed by atoms with Gasteiger partial charge < -0.3 is 21.2 Å². The fourth-order valence-electron chi connectivity index (χ4n) is 2.68. The minimum atomic E-state index is -0.654. The van der Waals surface area contributed by atoms with Crippen molar-refractivity contribution in [3.05, 3.63) is 0 Å². The van der Waals surface area contributed by atoms with Crippen molar-refractivity contribution in [2.45, 2.75) is 44.3 Å². The molecule has 2 amide bonds. The molecule has 7 nitrogen and oxygen atoms in total. The number of amides is 2. The van der Waals surface area contributed by atoms with Gasteiger partial charge in [0.1, 0.15) is 6.29 Å². The Morgan fingerprint density at radius 2 is 2.10 bits per heavy atom. The summed E-state index contributed by atoms with van der Waals surface area (Å²) < 4.78 is 0. The van der Waals surface area contributed by atoms with E-state index in [2.05, 4.69) is 0 Å². The van der Waals surface area contributed by atoms with E-state index in [1.54, 1.807) is 4.90 Å². The summed E-state index contributed by atoms with van der Waals surface area (Å²) in [5, 5.41) is 0. The minimum absolute atomic E-state index is 0.102. The predicted molar refractivity (Wildman–Crippen MR) is 74.7 cm³/mol. The molecule has 3 unspecified atom stereocenters. The van der Waals surface area contributed by atoms with Crippen LogP contribution in [0.25, 0.3) is 0 Å². The molecule has 0 aliphatic carbocycles. The topological polar surface area (TPSA) is 110 Å². The summed E-state index contributed by atoms with van der Waals surface area (Å²) in [5.41, 5.74) is 10.9. The fourth-order valence-corrected chi connectivity index (χ4v) is 2.68. The van der Waals surface area contributed by atoms with Gasteiger partial charge in [0.25, 0.3) is 0 Å². The van der Waals surface area contributed by atoms with Gasteiger partial charge in [-0.2, -0.15) is 0 Å². The van der Waals surface area contributed by atoms with Crippen molar-refractivity contribution in [3.8, 4) is 0 Å². The molecule has 1 aliphatic rings. The highest BCUT2D eigenvalue weighted by atomic mass is 16.2. The lowest BCUT2D eigenvalue weighted by molar-refractivity contribution is -0.129. The maximum Gasteiger partial charge on any atom is 0.234 e. The van der Waals surface area contributed by atoms with Crippen molar-refractivity contribution in [1.82, 2.24) is 9.80 Å². The van der Waals surface area contributed by atoms with E-state index in [1.165, 1.54) is 6.92 Å². The van der Waals surface area contributed by atoms with E-state index < -0.39 is 6.04 Å². The van der Waals surface area contributed by atoms with Gasteiger partial charge in [-0.3, -0.25) is 14.5 Å². The fraction of sp³-hybridized carbons (Fsp3) is 0.769. The molecule has 0 radical (unpaired) electrons. The highest BCUT2D eigenvalue weighted by molar-refractivity contribution is 5.80. The van der Waals surface area contributed by atoms with Gasteiger partial charge in [-0.25, -0.2) is 0 Å². The first kappa shape index (κ1) is 16.6. The summed E-state index contributed by atoms with van der Waals surface area (Å²) in [5.74, 6) is -0.407. The van der Waals surface area contributed by atoms with Crippen LogP contribution < -0.4 is 11.5 Å². The van der Waals surface area contributed by atoms with Crippen LogP contribution >= 0.6 is 0 Å². The van der Waals surface area contributed by atoms with E-state index in [9.17, 15) is 14.4 Å². The molecule has 1 rings (SSSR count). The molecule has 0 aromatic rings. The summed E-state index contributed by atoms with van der Waals surface area (Å²) in [6, 6.07) is -0.650. The van der Waals surface area contributed by atoms with Crippen molar-refractivity contribution in [2.24, 2.45) is 11.5 Å². The first-order valence-electron chi connectivity index (χ1n) is 6.84. The van der Waals surface area contributed by atoms with Gasteiger partial charge in [0.2, 0.25) is 11.8 Å². The second-order valence-corrected chi connectivity index (χ2v) is 5.37. The van der Waals surface area contributed by atoms with Crippen molar-refractivity contribution in [2.75, 3.05) is 20.1 Å². The van der Waals surface area contributed by atoms with Crippen LogP contribution in [-0.2, 0) is 14.4 Å². The van der Waals surface area contributed by atoms with Gasteiger partial charge >= 0.3 is 0 Å². The SMILES string of the molecule is CC(=O)N(CCC1CCC(C(N)=O)N1C)CC(N)C=O. The van der Waals surface area contributed by atoms with Gasteiger partial charge in [-0.1, -0.05) is 0 Å². The van der Waals surface area contributed by atoms with Crippen LogP contribution in [0.2, 0.25) is 0 Å². The van der Waals surface area contributed by atoms with E-state index in [1.807, 2.05) is 11.9 Å². The summed E-state index contributed by atoms with van der Waals surface area (Å²) >= 11 is 0. The van der Waals surface area contributed by atoms with E-state index in [-0.39, 0.29) is 30.4 Å². The molecular formula is C13H24N4O3. The summed E-state index contributed by atoms with van der Waals surface area (Å²) in [4.78, 5) is 36.9. The van der Waals surface area contributed by atoms with Gasteiger partial charge in [0.15, 0.2) is 0 Å². The number of hydrogen-bond donors (Lipinski definition) is 2. The number of carbonyl (C=O) groups is 3. The van der Waals surface area contributed by atoms with Crippen LogP contribution in [0.1, 0.15) is 26.2 Å². The van der Waals surface area contributed by atoms with Crippen LogP contribution in [0.3, 0.4) is 0 Å². The quantitative estimate of drug-likeness (QED) is 0.565. The molecule has 1 fully saturated rings. The molecule has 1 heterocycles. The largest absolute Gasteiger partial charge is 0.368 e. The molecule has 114 valence electrons. The third-order valence-electron chi connectivity index (χ3n) is 3.95. The Morgan fingerprint density at radius 1 is 1.45 bits per heavy atom. The standard InChI is InChI=1S/C13H24N4O3/c1-9(19)17(7-10(14)8-18)6-5-11-3-4-12(13(15)20)16(11)2/h8,10-12H,3-7,14H2,1-2H3,(H2,15,20). The normalized spacial score (nSPS) is 24.4. The van der Waals surface area contributed by atoms with Gasteiger partial charge in [0.05, 0.1) is 12.1 Å². The Hall–Kier alpha value is -1.47. The molecule has 1 aliphatic heterocycles. The van der Waals surface area contributed by atoms with Crippen molar-refractivity contribution < 1.29 is 14.4 Å². The van der Waals surface area contributed by atoms with Crippen molar-refractivity contribution in [1.29, 1.82) is 0 Å². The molecule has 0 bridgehead atoms. The zero-order valence-electron chi connectivity index (χ0n) is 12.1. The Kier molecular flexibility index (Phi) is 6.09. The first-order valence-corrected chi connectivity index (χ1v) is 6.84. The number of nitrogens with two attached hydrogens (primary N) is 2. The zero-order chi connectivity index (χ0) is 15.3. The number of hydrogen-bond acceptors (Lipinski definition) is 5. The Morgan fingerprint density at radius 3 is 2.55 bits per heavy atom. The maximum absolute atomic E-state index is 11.5. The molecule has 7 heteroatoms. The zero-order valence-corrected chi connectivity index (χ0v) is 12.1. The predicted octanol–water partition coefficient (Wildman–Crippen LogP) is -1.30. The molecule has 20 heavy (non-hydrogen) atoms. The number of likely N-dealkylation sites (N-methyl/N-ethyl adjacent to an activating group) is 1. The maximum atomic E-state index is 11.5. The Labute approximate surface area is 119 Å². The van der Waals surface area contributed by atoms with Crippen molar-refractivity contribution in [3.63, 3.8) is 0 Å². The number of nitrogens with zero attached hydrogens (tertiary/aromatic N) is 2. The lowest BCUT2D eigenvalue weighted by Gasteiger charge is -2.28. The lowest BCUT2D eigenvalue weighted by Crippen LogP contribution is -2.44. The van der Waals surface area contributed by atoms with Crippen LogP contribution in [-0.4, -0.2) is 66.2 Å². The third kappa shape index (κ3) is 4.28. The lowest BCUT2D eigenvalue weighted by atomic mass is 10.1. The number of aldehydes is 1. The molecule has 4 N–H and O–H groups in total. The van der Waals surface area contributed by atoms with Gasteiger partial charge in [0, 0.05) is 26.1 Å².